The van der Waals surface area contributed by atoms with Crippen LogP contribution in [0.2, 0.25) is 0 Å². The fourth-order valence-electron chi connectivity index (χ4n) is 3.19. The number of hydrogen-bond donors (Lipinski definition) is 2. The van der Waals surface area contributed by atoms with Crippen molar-refractivity contribution in [2.45, 2.75) is 31.6 Å². The SMILES string of the molecule is CNc1cc(N2CCCC2CNCc2ccc(C(F)(F)F)cc2)ncn1. The van der Waals surface area contributed by atoms with Gasteiger partial charge < -0.3 is 15.5 Å². The maximum atomic E-state index is 12.6. The van der Waals surface area contributed by atoms with E-state index in [0.29, 0.717) is 12.6 Å². The summed E-state index contributed by atoms with van der Waals surface area (Å²) in [5.41, 5.74) is 0.217. The van der Waals surface area contributed by atoms with Crippen molar-refractivity contribution in [2.24, 2.45) is 0 Å². The molecule has 1 fully saturated rings. The summed E-state index contributed by atoms with van der Waals surface area (Å²) in [4.78, 5) is 10.7. The molecule has 0 aliphatic carbocycles. The lowest BCUT2D eigenvalue weighted by Gasteiger charge is -2.26. The number of rotatable bonds is 6. The highest BCUT2D eigenvalue weighted by molar-refractivity contribution is 5.49. The molecule has 2 aromatic rings. The van der Waals surface area contributed by atoms with E-state index in [0.717, 1.165) is 55.3 Å². The summed E-state index contributed by atoms with van der Waals surface area (Å²) >= 11 is 0. The average molecular weight is 365 g/mol. The van der Waals surface area contributed by atoms with Gasteiger partial charge in [0.05, 0.1) is 5.56 Å². The minimum Gasteiger partial charge on any atom is -0.373 e. The van der Waals surface area contributed by atoms with Crippen molar-refractivity contribution < 1.29 is 13.2 Å². The molecule has 0 bridgehead atoms. The Bertz CT molecular complexity index is 718. The predicted octanol–water partition coefficient (Wildman–Crippen LogP) is 3.30. The Balaban J connectivity index is 1.55. The molecule has 3 rings (SSSR count). The maximum absolute atomic E-state index is 12.6. The van der Waals surface area contributed by atoms with Gasteiger partial charge in [-0.25, -0.2) is 9.97 Å². The van der Waals surface area contributed by atoms with Crippen molar-refractivity contribution in [1.82, 2.24) is 15.3 Å². The van der Waals surface area contributed by atoms with Crippen molar-refractivity contribution in [3.05, 3.63) is 47.8 Å². The van der Waals surface area contributed by atoms with Gasteiger partial charge in [0.2, 0.25) is 0 Å². The minimum absolute atomic E-state index is 0.309. The van der Waals surface area contributed by atoms with Gasteiger partial charge in [-0.15, -0.1) is 0 Å². The van der Waals surface area contributed by atoms with Crippen molar-refractivity contribution in [3.63, 3.8) is 0 Å². The number of anilines is 2. The molecule has 8 heteroatoms. The quantitative estimate of drug-likeness (QED) is 0.823. The molecule has 0 radical (unpaired) electrons. The predicted molar refractivity (Wildman–Crippen MR) is 95.1 cm³/mol. The van der Waals surface area contributed by atoms with E-state index in [1.807, 2.05) is 13.1 Å². The Labute approximate surface area is 150 Å². The van der Waals surface area contributed by atoms with E-state index in [4.69, 9.17) is 0 Å². The van der Waals surface area contributed by atoms with E-state index >= 15 is 0 Å². The lowest BCUT2D eigenvalue weighted by molar-refractivity contribution is -0.137. The Kier molecular flexibility index (Phi) is 5.61. The zero-order valence-corrected chi connectivity index (χ0v) is 14.6. The van der Waals surface area contributed by atoms with E-state index in [9.17, 15) is 13.2 Å². The molecule has 0 spiro atoms. The van der Waals surface area contributed by atoms with Crippen LogP contribution in [0.3, 0.4) is 0 Å². The lowest BCUT2D eigenvalue weighted by Crippen LogP contribution is -2.38. The highest BCUT2D eigenvalue weighted by Crippen LogP contribution is 2.29. The van der Waals surface area contributed by atoms with Crippen LogP contribution >= 0.6 is 0 Å². The van der Waals surface area contributed by atoms with Crippen LogP contribution in [0.4, 0.5) is 24.8 Å². The van der Waals surface area contributed by atoms with Gasteiger partial charge in [-0.2, -0.15) is 13.2 Å². The molecule has 2 N–H and O–H groups in total. The van der Waals surface area contributed by atoms with E-state index in [1.165, 1.54) is 12.1 Å². The number of aromatic nitrogens is 2. The molecule has 1 atom stereocenters. The first kappa shape index (κ1) is 18.4. The molecule has 1 unspecified atom stereocenters. The zero-order chi connectivity index (χ0) is 18.6. The summed E-state index contributed by atoms with van der Waals surface area (Å²) in [6.07, 6.45) is -0.601. The van der Waals surface area contributed by atoms with Gasteiger partial charge in [0.15, 0.2) is 0 Å². The smallest absolute Gasteiger partial charge is 0.373 e. The Hall–Kier alpha value is -2.35. The Morgan fingerprint density at radius 1 is 1.19 bits per heavy atom. The average Bonchev–Trinajstić information content (AvgIpc) is 3.10. The minimum atomic E-state index is -4.29. The first-order chi connectivity index (χ1) is 12.5. The van der Waals surface area contributed by atoms with Gasteiger partial charge in [0.1, 0.15) is 18.0 Å². The van der Waals surface area contributed by atoms with Crippen LogP contribution < -0.4 is 15.5 Å². The van der Waals surface area contributed by atoms with Crippen LogP contribution in [0, 0.1) is 0 Å². The standard InChI is InChI=1S/C18H22F3N5/c1-22-16-9-17(25-12-24-16)26-8-2-3-15(26)11-23-10-13-4-6-14(7-5-13)18(19,20)21/h4-7,9,12,15,23H,2-3,8,10-11H2,1H3,(H,22,24,25). The number of halogens is 3. The van der Waals surface area contributed by atoms with Crippen LogP contribution in [0.15, 0.2) is 36.7 Å². The van der Waals surface area contributed by atoms with E-state index in [2.05, 4.69) is 25.5 Å². The molecule has 1 aromatic heterocycles. The fraction of sp³-hybridized carbons (Fsp3) is 0.444. The number of nitrogens with zero attached hydrogens (tertiary/aromatic N) is 3. The number of nitrogens with one attached hydrogen (secondary N) is 2. The Morgan fingerprint density at radius 2 is 1.96 bits per heavy atom. The highest BCUT2D eigenvalue weighted by atomic mass is 19.4. The van der Waals surface area contributed by atoms with Gasteiger partial charge in [0.25, 0.3) is 0 Å². The molecular weight excluding hydrogens is 343 g/mol. The van der Waals surface area contributed by atoms with Crippen LogP contribution in [0.25, 0.3) is 0 Å². The summed E-state index contributed by atoms with van der Waals surface area (Å²) in [5, 5.41) is 6.36. The molecule has 2 heterocycles. The summed E-state index contributed by atoms with van der Waals surface area (Å²) < 4.78 is 37.8. The third kappa shape index (κ3) is 4.43. The van der Waals surface area contributed by atoms with Gasteiger partial charge >= 0.3 is 6.18 Å². The highest BCUT2D eigenvalue weighted by Gasteiger charge is 2.30. The monoisotopic (exact) mass is 365 g/mol. The number of alkyl halides is 3. The van der Waals surface area contributed by atoms with Gasteiger partial charge in [0, 0.05) is 38.8 Å². The first-order valence-corrected chi connectivity index (χ1v) is 8.60. The molecule has 1 aliphatic rings. The van der Waals surface area contributed by atoms with Crippen molar-refractivity contribution in [3.8, 4) is 0 Å². The third-order valence-corrected chi connectivity index (χ3v) is 4.57. The topological polar surface area (TPSA) is 53.1 Å². The van der Waals surface area contributed by atoms with E-state index in [-0.39, 0.29) is 0 Å². The largest absolute Gasteiger partial charge is 0.416 e. The van der Waals surface area contributed by atoms with E-state index in [1.54, 1.807) is 6.33 Å². The van der Waals surface area contributed by atoms with Gasteiger partial charge in [-0.1, -0.05) is 12.1 Å². The molecular formula is C18H22F3N5. The lowest BCUT2D eigenvalue weighted by atomic mass is 10.1. The number of hydrogen-bond acceptors (Lipinski definition) is 5. The van der Waals surface area contributed by atoms with Gasteiger partial charge in [-0.3, -0.25) is 0 Å². The zero-order valence-electron chi connectivity index (χ0n) is 14.6. The molecule has 5 nitrogen and oxygen atoms in total. The molecule has 1 aliphatic heterocycles. The summed E-state index contributed by atoms with van der Waals surface area (Å²) in [6.45, 7) is 2.22. The number of benzene rings is 1. The Morgan fingerprint density at radius 3 is 2.65 bits per heavy atom. The van der Waals surface area contributed by atoms with Crippen molar-refractivity contribution >= 4 is 11.6 Å². The summed E-state index contributed by atoms with van der Waals surface area (Å²) in [7, 11) is 1.82. The third-order valence-electron chi connectivity index (χ3n) is 4.57. The normalized spacial score (nSPS) is 17.5. The second-order valence-electron chi connectivity index (χ2n) is 6.33. The van der Waals surface area contributed by atoms with E-state index < -0.39 is 11.7 Å². The van der Waals surface area contributed by atoms with Crippen LogP contribution in [-0.2, 0) is 12.7 Å². The second kappa shape index (κ2) is 7.90. The molecule has 1 saturated heterocycles. The molecule has 0 saturated carbocycles. The molecule has 26 heavy (non-hydrogen) atoms. The van der Waals surface area contributed by atoms with Crippen LogP contribution in [0.5, 0.6) is 0 Å². The van der Waals surface area contributed by atoms with Gasteiger partial charge in [-0.05, 0) is 30.5 Å². The molecule has 1 aromatic carbocycles. The summed E-state index contributed by atoms with van der Waals surface area (Å²) in [6, 6.07) is 7.52. The van der Waals surface area contributed by atoms with Crippen LogP contribution in [-0.4, -0.2) is 36.1 Å². The van der Waals surface area contributed by atoms with Crippen LogP contribution in [0.1, 0.15) is 24.0 Å². The van der Waals surface area contributed by atoms with Crippen molar-refractivity contribution in [2.75, 3.05) is 30.4 Å². The maximum Gasteiger partial charge on any atom is 0.416 e. The molecule has 140 valence electrons. The fourth-order valence-corrected chi connectivity index (χ4v) is 3.19. The summed E-state index contributed by atoms with van der Waals surface area (Å²) in [5.74, 6) is 1.67. The second-order valence-corrected chi connectivity index (χ2v) is 6.33. The molecule has 0 amide bonds. The van der Waals surface area contributed by atoms with Crippen molar-refractivity contribution in [1.29, 1.82) is 0 Å². The first-order valence-electron chi connectivity index (χ1n) is 8.60.